The zero-order chi connectivity index (χ0) is 12.0. The molecule has 0 atom stereocenters. The lowest BCUT2D eigenvalue weighted by Crippen LogP contribution is -2.21. The first-order valence-corrected chi connectivity index (χ1v) is 6.80. The van der Waals surface area contributed by atoms with Gasteiger partial charge in [0.15, 0.2) is 12.1 Å². The van der Waals surface area contributed by atoms with Crippen LogP contribution in [-0.2, 0) is 9.47 Å². The molecule has 0 aliphatic carbocycles. The Balaban J connectivity index is 2.54. The Hall–Kier alpha value is -0.230. The van der Waals surface area contributed by atoms with Crippen LogP contribution < -0.4 is 0 Å². The highest BCUT2D eigenvalue weighted by molar-refractivity contribution is 9.11. The van der Waals surface area contributed by atoms with Gasteiger partial charge in [0.2, 0.25) is 0 Å². The van der Waals surface area contributed by atoms with E-state index in [0.29, 0.717) is 13.2 Å². The first-order valence-electron chi connectivity index (χ1n) is 5.19. The highest BCUT2D eigenvalue weighted by Gasteiger charge is 2.16. The quantitative estimate of drug-likeness (QED) is 0.571. The molecule has 0 bridgehead atoms. The molecule has 1 rings (SSSR count). The normalized spacial score (nSPS) is 11.0. The monoisotopic (exact) mass is 306 g/mol. The SMILES string of the molecule is CCOC(CC(=O)c1ccc(Br)s1)OCC. The number of halogens is 1. The van der Waals surface area contributed by atoms with E-state index < -0.39 is 6.29 Å². The van der Waals surface area contributed by atoms with Crippen molar-refractivity contribution in [2.75, 3.05) is 13.2 Å². The Bertz CT molecular complexity index is 332. The van der Waals surface area contributed by atoms with E-state index in [0.717, 1.165) is 8.66 Å². The molecule has 90 valence electrons. The lowest BCUT2D eigenvalue weighted by atomic mass is 10.2. The first kappa shape index (κ1) is 13.8. The summed E-state index contributed by atoms with van der Waals surface area (Å²) in [5, 5.41) is 0. The topological polar surface area (TPSA) is 35.5 Å². The summed E-state index contributed by atoms with van der Waals surface area (Å²) in [6, 6.07) is 3.68. The van der Waals surface area contributed by atoms with Crippen molar-refractivity contribution in [3.8, 4) is 0 Å². The molecule has 1 aromatic rings. The van der Waals surface area contributed by atoms with Gasteiger partial charge >= 0.3 is 0 Å². The summed E-state index contributed by atoms with van der Waals surface area (Å²) < 4.78 is 11.6. The fourth-order valence-electron chi connectivity index (χ4n) is 1.25. The summed E-state index contributed by atoms with van der Waals surface area (Å²) in [6.07, 6.45) is -0.155. The number of ether oxygens (including phenoxy) is 2. The van der Waals surface area contributed by atoms with E-state index in [1.54, 1.807) is 0 Å². The minimum atomic E-state index is -0.427. The second-order valence-electron chi connectivity index (χ2n) is 3.07. The standard InChI is InChI=1S/C11H15BrO3S/c1-3-14-11(15-4-2)7-8(13)9-5-6-10(12)16-9/h5-6,11H,3-4,7H2,1-2H3. The Kier molecular flexibility index (Phi) is 6.20. The zero-order valence-electron chi connectivity index (χ0n) is 9.36. The second-order valence-corrected chi connectivity index (χ2v) is 5.53. The molecule has 0 amide bonds. The van der Waals surface area contributed by atoms with Crippen LogP contribution in [0.1, 0.15) is 29.9 Å². The molecule has 0 saturated heterocycles. The first-order chi connectivity index (χ1) is 7.67. The van der Waals surface area contributed by atoms with Crippen LogP contribution in [-0.4, -0.2) is 25.3 Å². The van der Waals surface area contributed by atoms with Crippen molar-refractivity contribution < 1.29 is 14.3 Å². The highest BCUT2D eigenvalue weighted by Crippen LogP contribution is 2.23. The van der Waals surface area contributed by atoms with Crippen LogP contribution in [0.2, 0.25) is 0 Å². The summed E-state index contributed by atoms with van der Waals surface area (Å²) in [6.45, 7) is 4.87. The van der Waals surface area contributed by atoms with Crippen LogP contribution in [0.3, 0.4) is 0 Å². The minimum Gasteiger partial charge on any atom is -0.352 e. The summed E-state index contributed by atoms with van der Waals surface area (Å²) in [5.41, 5.74) is 0. The van der Waals surface area contributed by atoms with E-state index in [-0.39, 0.29) is 12.2 Å². The van der Waals surface area contributed by atoms with E-state index in [1.165, 1.54) is 11.3 Å². The number of hydrogen-bond donors (Lipinski definition) is 0. The Morgan fingerprint density at radius 1 is 1.38 bits per heavy atom. The third kappa shape index (κ3) is 4.33. The Morgan fingerprint density at radius 2 is 2.00 bits per heavy atom. The molecular weight excluding hydrogens is 292 g/mol. The van der Waals surface area contributed by atoms with Crippen LogP contribution in [0.15, 0.2) is 15.9 Å². The number of carbonyl (C=O) groups is 1. The predicted molar refractivity (Wildman–Crippen MR) is 68.0 cm³/mol. The summed E-state index contributed by atoms with van der Waals surface area (Å²) in [4.78, 5) is 12.6. The molecule has 0 fully saturated rings. The highest BCUT2D eigenvalue weighted by atomic mass is 79.9. The molecule has 0 aliphatic heterocycles. The molecule has 16 heavy (non-hydrogen) atoms. The van der Waals surface area contributed by atoms with Gasteiger partial charge in [0.25, 0.3) is 0 Å². The largest absolute Gasteiger partial charge is 0.352 e. The maximum Gasteiger partial charge on any atom is 0.177 e. The minimum absolute atomic E-state index is 0.0580. The second kappa shape index (κ2) is 7.17. The van der Waals surface area contributed by atoms with Gasteiger partial charge in [-0.25, -0.2) is 0 Å². The number of thiophene rings is 1. The van der Waals surface area contributed by atoms with E-state index in [1.807, 2.05) is 26.0 Å². The van der Waals surface area contributed by atoms with Crippen LogP contribution in [0, 0.1) is 0 Å². The predicted octanol–water partition coefficient (Wildman–Crippen LogP) is 3.48. The molecule has 0 saturated carbocycles. The smallest absolute Gasteiger partial charge is 0.177 e. The van der Waals surface area contributed by atoms with Crippen molar-refractivity contribution in [1.82, 2.24) is 0 Å². The van der Waals surface area contributed by atoms with Crippen molar-refractivity contribution in [3.05, 3.63) is 20.8 Å². The van der Waals surface area contributed by atoms with Crippen molar-refractivity contribution >= 4 is 33.0 Å². The summed E-state index contributed by atoms with van der Waals surface area (Å²) in [5.74, 6) is 0.0580. The van der Waals surface area contributed by atoms with Crippen molar-refractivity contribution in [2.24, 2.45) is 0 Å². The van der Waals surface area contributed by atoms with Gasteiger partial charge in [0, 0.05) is 13.2 Å². The van der Waals surface area contributed by atoms with Gasteiger partial charge in [-0.05, 0) is 41.9 Å². The molecular formula is C11H15BrO3S. The molecule has 0 aliphatic rings. The van der Waals surface area contributed by atoms with Crippen LogP contribution in [0.5, 0.6) is 0 Å². The number of hydrogen-bond acceptors (Lipinski definition) is 4. The van der Waals surface area contributed by atoms with Crippen LogP contribution in [0.4, 0.5) is 0 Å². The Labute approximate surface area is 108 Å². The molecule has 0 N–H and O–H groups in total. The maximum atomic E-state index is 11.8. The van der Waals surface area contributed by atoms with Gasteiger partial charge in [0.05, 0.1) is 15.1 Å². The molecule has 3 nitrogen and oxygen atoms in total. The van der Waals surface area contributed by atoms with E-state index in [9.17, 15) is 4.79 Å². The lowest BCUT2D eigenvalue weighted by Gasteiger charge is -2.15. The van der Waals surface area contributed by atoms with Gasteiger partial charge in [-0.2, -0.15) is 0 Å². The number of carbonyl (C=O) groups excluding carboxylic acids is 1. The molecule has 1 heterocycles. The summed E-state index contributed by atoms with van der Waals surface area (Å²) >= 11 is 4.76. The fourth-order valence-corrected chi connectivity index (χ4v) is 2.59. The van der Waals surface area contributed by atoms with Crippen molar-refractivity contribution in [2.45, 2.75) is 26.6 Å². The Morgan fingerprint density at radius 3 is 2.44 bits per heavy atom. The maximum absolute atomic E-state index is 11.8. The van der Waals surface area contributed by atoms with Gasteiger partial charge in [0.1, 0.15) is 0 Å². The lowest BCUT2D eigenvalue weighted by molar-refractivity contribution is -0.133. The number of rotatable bonds is 7. The molecule has 0 unspecified atom stereocenters. The molecule has 5 heteroatoms. The number of Topliss-reactive ketones (excluding diaryl/α,β-unsaturated/α-hetero) is 1. The van der Waals surface area contributed by atoms with Gasteiger partial charge in [-0.3, -0.25) is 4.79 Å². The fraction of sp³-hybridized carbons (Fsp3) is 0.545. The van der Waals surface area contributed by atoms with Crippen molar-refractivity contribution in [1.29, 1.82) is 0 Å². The molecule has 1 aromatic heterocycles. The third-order valence-corrected chi connectivity index (χ3v) is 3.57. The third-order valence-electron chi connectivity index (χ3n) is 1.91. The van der Waals surface area contributed by atoms with Gasteiger partial charge in [-0.15, -0.1) is 11.3 Å². The van der Waals surface area contributed by atoms with Crippen LogP contribution >= 0.6 is 27.3 Å². The average molecular weight is 307 g/mol. The summed E-state index contributed by atoms with van der Waals surface area (Å²) in [7, 11) is 0. The molecule has 0 spiro atoms. The van der Waals surface area contributed by atoms with Crippen molar-refractivity contribution in [3.63, 3.8) is 0 Å². The zero-order valence-corrected chi connectivity index (χ0v) is 11.8. The van der Waals surface area contributed by atoms with E-state index in [2.05, 4.69) is 15.9 Å². The molecule has 0 aromatic carbocycles. The average Bonchev–Trinajstić information content (AvgIpc) is 2.65. The number of ketones is 1. The van der Waals surface area contributed by atoms with Gasteiger partial charge in [-0.1, -0.05) is 0 Å². The van der Waals surface area contributed by atoms with Gasteiger partial charge < -0.3 is 9.47 Å². The van der Waals surface area contributed by atoms with E-state index >= 15 is 0 Å². The van der Waals surface area contributed by atoms with Crippen LogP contribution in [0.25, 0.3) is 0 Å². The molecule has 0 radical (unpaired) electrons. The van der Waals surface area contributed by atoms with E-state index in [4.69, 9.17) is 9.47 Å².